The van der Waals surface area contributed by atoms with E-state index in [2.05, 4.69) is 14.9 Å². The molecule has 0 saturated heterocycles. The van der Waals surface area contributed by atoms with E-state index in [9.17, 15) is 4.79 Å². The number of imidazole rings is 1. The van der Waals surface area contributed by atoms with Crippen molar-refractivity contribution in [3.8, 4) is 0 Å². The number of carbonyl (C=O) groups excluding carboxylic acids is 1. The highest BCUT2D eigenvalue weighted by Crippen LogP contribution is 2.54. The van der Waals surface area contributed by atoms with Crippen LogP contribution in [0, 0.1) is 17.8 Å². The van der Waals surface area contributed by atoms with E-state index in [1.54, 1.807) is 0 Å². The topological polar surface area (TPSA) is 46.9 Å². The third-order valence-electron chi connectivity index (χ3n) is 5.33. The Hall–Kier alpha value is -1.32. The Balaban J connectivity index is 1.40. The maximum absolute atomic E-state index is 12.3. The number of fused-ring (bicyclic) bond motifs is 1. The first kappa shape index (κ1) is 11.5. The summed E-state index contributed by atoms with van der Waals surface area (Å²) in [5.41, 5.74) is 0. The van der Waals surface area contributed by atoms with E-state index in [4.69, 9.17) is 0 Å². The Kier molecular flexibility index (Phi) is 2.64. The van der Waals surface area contributed by atoms with Crippen LogP contribution in [0.2, 0.25) is 0 Å². The molecule has 4 unspecified atom stereocenters. The van der Waals surface area contributed by atoms with Crippen molar-refractivity contribution in [2.75, 3.05) is 0 Å². The largest absolute Gasteiger partial charge is 0.351 e. The van der Waals surface area contributed by atoms with Gasteiger partial charge < -0.3 is 9.88 Å². The zero-order valence-electron chi connectivity index (χ0n) is 11.2. The second-order valence-corrected chi connectivity index (χ2v) is 6.55. The molecule has 3 saturated carbocycles. The Morgan fingerprint density at radius 2 is 2.05 bits per heavy atom. The monoisotopic (exact) mass is 259 g/mol. The number of hydrogen-bond acceptors (Lipinski definition) is 2. The van der Waals surface area contributed by atoms with Crippen LogP contribution in [-0.2, 0) is 4.79 Å². The minimum atomic E-state index is 0.299. The van der Waals surface area contributed by atoms with E-state index >= 15 is 0 Å². The van der Waals surface area contributed by atoms with Crippen LogP contribution in [0.25, 0.3) is 0 Å². The second kappa shape index (κ2) is 4.36. The number of amides is 1. The van der Waals surface area contributed by atoms with Crippen molar-refractivity contribution in [1.29, 1.82) is 0 Å². The third kappa shape index (κ3) is 2.07. The molecule has 0 radical (unpaired) electrons. The van der Waals surface area contributed by atoms with Crippen molar-refractivity contribution < 1.29 is 4.79 Å². The normalized spacial score (nSPS) is 40.1. The molecule has 3 aliphatic rings. The summed E-state index contributed by atoms with van der Waals surface area (Å²) in [5.74, 6) is 2.37. The molecule has 19 heavy (non-hydrogen) atoms. The van der Waals surface area contributed by atoms with E-state index in [-0.39, 0.29) is 0 Å². The first-order valence-corrected chi connectivity index (χ1v) is 7.59. The van der Waals surface area contributed by atoms with Gasteiger partial charge in [0.25, 0.3) is 0 Å². The van der Waals surface area contributed by atoms with E-state index in [0.29, 0.717) is 23.9 Å². The molecule has 3 fully saturated rings. The summed E-state index contributed by atoms with van der Waals surface area (Å²) in [6.07, 6.45) is 12.8. The van der Waals surface area contributed by atoms with Crippen molar-refractivity contribution in [3.63, 3.8) is 0 Å². The average Bonchev–Trinajstić information content (AvgIpc) is 2.90. The van der Waals surface area contributed by atoms with Crippen LogP contribution in [0.4, 0.5) is 0 Å². The fourth-order valence-electron chi connectivity index (χ4n) is 4.16. The van der Waals surface area contributed by atoms with Crippen molar-refractivity contribution in [2.45, 2.75) is 50.6 Å². The van der Waals surface area contributed by atoms with Crippen molar-refractivity contribution in [2.24, 2.45) is 17.8 Å². The molecule has 0 aliphatic heterocycles. The predicted octanol–water partition coefficient (Wildman–Crippen LogP) is 2.14. The number of nitrogens with zero attached hydrogens (tertiary/aromatic N) is 2. The average molecular weight is 259 g/mol. The summed E-state index contributed by atoms with van der Waals surface area (Å²) in [6.45, 7) is 0. The summed E-state index contributed by atoms with van der Waals surface area (Å²) in [4.78, 5) is 16.5. The number of nitrogens with one attached hydrogen (secondary N) is 1. The molecule has 0 aromatic carbocycles. The Bertz CT molecular complexity index is 460. The van der Waals surface area contributed by atoms with Gasteiger partial charge in [0.1, 0.15) is 0 Å². The van der Waals surface area contributed by atoms with Crippen LogP contribution in [0.1, 0.15) is 44.6 Å². The van der Waals surface area contributed by atoms with Crippen LogP contribution >= 0.6 is 0 Å². The minimum absolute atomic E-state index is 0.299. The first-order chi connectivity index (χ1) is 9.31. The molecule has 4 heteroatoms. The fourth-order valence-corrected chi connectivity index (χ4v) is 4.16. The summed E-state index contributed by atoms with van der Waals surface area (Å²) >= 11 is 0. The molecule has 1 N–H and O–H groups in total. The summed E-state index contributed by atoms with van der Waals surface area (Å²) < 4.78 is 2.16. The maximum atomic E-state index is 12.3. The molecular formula is C15H21N3O. The number of carbonyl (C=O) groups is 1. The zero-order valence-corrected chi connectivity index (χ0v) is 11.2. The molecule has 3 aliphatic carbocycles. The highest BCUT2D eigenvalue weighted by molar-refractivity contribution is 5.79. The predicted molar refractivity (Wildman–Crippen MR) is 71.4 cm³/mol. The molecule has 4 nitrogen and oxygen atoms in total. The Labute approximate surface area is 113 Å². The fraction of sp³-hybridized carbons (Fsp3) is 0.733. The quantitative estimate of drug-likeness (QED) is 0.904. The van der Waals surface area contributed by atoms with E-state index in [1.165, 1.54) is 12.8 Å². The molecule has 1 aromatic rings. The summed E-state index contributed by atoms with van der Waals surface area (Å²) in [6, 6.07) is 0.709. The molecule has 4 atom stereocenters. The maximum Gasteiger partial charge on any atom is 0.223 e. The SMILES string of the molecule is O=C(NC1CCCC1n1ccnc1)C1CC2CC2C1. The van der Waals surface area contributed by atoms with Gasteiger partial charge in [0.05, 0.1) is 12.4 Å². The van der Waals surface area contributed by atoms with Gasteiger partial charge in [-0.25, -0.2) is 4.98 Å². The molecule has 0 spiro atoms. The van der Waals surface area contributed by atoms with Crippen LogP contribution in [0.3, 0.4) is 0 Å². The Morgan fingerprint density at radius 3 is 2.79 bits per heavy atom. The van der Waals surface area contributed by atoms with Gasteiger partial charge in [0, 0.05) is 24.4 Å². The first-order valence-electron chi connectivity index (χ1n) is 7.59. The lowest BCUT2D eigenvalue weighted by molar-refractivity contribution is -0.126. The van der Waals surface area contributed by atoms with E-state index in [1.807, 2.05) is 18.7 Å². The molecule has 0 bridgehead atoms. The van der Waals surface area contributed by atoms with Gasteiger partial charge in [-0.15, -0.1) is 0 Å². The minimum Gasteiger partial charge on any atom is -0.351 e. The van der Waals surface area contributed by atoms with Crippen molar-refractivity contribution >= 4 is 5.91 Å². The number of aromatic nitrogens is 2. The van der Waals surface area contributed by atoms with E-state index < -0.39 is 0 Å². The third-order valence-corrected chi connectivity index (χ3v) is 5.33. The van der Waals surface area contributed by atoms with E-state index in [0.717, 1.165) is 37.5 Å². The van der Waals surface area contributed by atoms with Crippen LogP contribution in [0.15, 0.2) is 18.7 Å². The molecule has 1 heterocycles. The van der Waals surface area contributed by atoms with Gasteiger partial charge in [-0.2, -0.15) is 0 Å². The molecule has 102 valence electrons. The van der Waals surface area contributed by atoms with Gasteiger partial charge in [0.15, 0.2) is 0 Å². The summed E-state index contributed by atoms with van der Waals surface area (Å²) in [7, 11) is 0. The number of hydrogen-bond donors (Lipinski definition) is 1. The molecule has 1 aromatic heterocycles. The van der Waals surface area contributed by atoms with Crippen molar-refractivity contribution in [3.05, 3.63) is 18.7 Å². The molecular weight excluding hydrogens is 238 g/mol. The van der Waals surface area contributed by atoms with Gasteiger partial charge in [-0.05, 0) is 50.4 Å². The summed E-state index contributed by atoms with van der Waals surface area (Å²) in [5, 5.41) is 3.31. The zero-order chi connectivity index (χ0) is 12.8. The highest BCUT2D eigenvalue weighted by atomic mass is 16.2. The standard InChI is InChI=1S/C15H21N3O/c19-15(12-7-10-6-11(10)8-12)17-13-2-1-3-14(13)18-5-4-16-9-18/h4-5,9-14H,1-3,6-8H2,(H,17,19). The van der Waals surface area contributed by atoms with Gasteiger partial charge in [-0.1, -0.05) is 0 Å². The lowest BCUT2D eigenvalue weighted by atomic mass is 10.0. The van der Waals surface area contributed by atoms with Crippen LogP contribution in [-0.4, -0.2) is 21.5 Å². The van der Waals surface area contributed by atoms with Crippen LogP contribution in [0.5, 0.6) is 0 Å². The lowest BCUT2D eigenvalue weighted by Gasteiger charge is -2.24. The highest BCUT2D eigenvalue weighted by Gasteiger charge is 2.48. The molecule has 4 rings (SSSR count). The van der Waals surface area contributed by atoms with Crippen molar-refractivity contribution in [1.82, 2.24) is 14.9 Å². The van der Waals surface area contributed by atoms with Gasteiger partial charge in [0.2, 0.25) is 5.91 Å². The Morgan fingerprint density at radius 1 is 1.21 bits per heavy atom. The molecule has 1 amide bonds. The smallest absolute Gasteiger partial charge is 0.223 e. The number of rotatable bonds is 3. The second-order valence-electron chi connectivity index (χ2n) is 6.55. The van der Waals surface area contributed by atoms with Crippen LogP contribution < -0.4 is 5.32 Å². The lowest BCUT2D eigenvalue weighted by Crippen LogP contribution is -2.41. The van der Waals surface area contributed by atoms with Gasteiger partial charge >= 0.3 is 0 Å². The van der Waals surface area contributed by atoms with Gasteiger partial charge in [-0.3, -0.25) is 4.79 Å².